The fraction of sp³-hybridized carbons (Fsp3) is 0.632. The lowest BCUT2D eigenvalue weighted by Gasteiger charge is -2.46. The van der Waals surface area contributed by atoms with Gasteiger partial charge in [-0.1, -0.05) is 43.7 Å². The lowest BCUT2D eigenvalue weighted by atomic mass is 9.75. The maximum atomic E-state index is 12.0. The molecule has 0 bridgehead atoms. The molecule has 4 atom stereocenters. The molecule has 2 rings (SSSR count). The Morgan fingerprint density at radius 1 is 1.32 bits per heavy atom. The highest BCUT2D eigenvalue weighted by Crippen LogP contribution is 2.33. The van der Waals surface area contributed by atoms with Crippen LogP contribution in [0.2, 0.25) is 0 Å². The van der Waals surface area contributed by atoms with Crippen LogP contribution in [-0.4, -0.2) is 31.2 Å². The molecule has 0 spiro atoms. The van der Waals surface area contributed by atoms with E-state index in [0.717, 1.165) is 19.4 Å². The van der Waals surface area contributed by atoms with Gasteiger partial charge in [0.15, 0.2) is 0 Å². The number of likely N-dealkylation sites (tertiary alicyclic amines) is 1. The smallest absolute Gasteiger partial charge is 0.306 e. The van der Waals surface area contributed by atoms with Crippen LogP contribution >= 0.6 is 0 Å². The van der Waals surface area contributed by atoms with Crippen molar-refractivity contribution in [2.45, 2.75) is 58.6 Å². The number of hydrogen-bond acceptors (Lipinski definition) is 2. The van der Waals surface area contributed by atoms with Gasteiger partial charge in [-0.25, -0.2) is 0 Å². The second-order valence-electron chi connectivity index (χ2n) is 7.11. The monoisotopic (exact) mass is 304 g/mol. The van der Waals surface area contributed by atoms with Crippen LogP contribution in [0.15, 0.2) is 24.3 Å². The summed E-state index contributed by atoms with van der Waals surface area (Å²) < 4.78 is 6.04. The molecule has 1 aliphatic heterocycles. The molecular formula is C19H30NO2+. The molecule has 1 heterocycles. The highest BCUT2D eigenvalue weighted by Gasteiger charge is 2.48. The van der Waals surface area contributed by atoms with Crippen molar-refractivity contribution in [1.29, 1.82) is 0 Å². The van der Waals surface area contributed by atoms with Gasteiger partial charge in [-0.2, -0.15) is 0 Å². The number of nitrogens with one attached hydrogen (secondary N) is 1. The standard InChI is InChI=1S/C19H29NO2/c1-6-18(21)22-19(11-16(4)20(5)13-15(19)3)12-17-9-7-14(2)8-10-17/h7-10,15-16H,6,11-13H2,1-5H3/p+1/t15-,16-,19+/m0/s1. The summed E-state index contributed by atoms with van der Waals surface area (Å²) in [6.45, 7) is 9.50. The van der Waals surface area contributed by atoms with E-state index in [9.17, 15) is 4.79 Å². The molecule has 1 saturated heterocycles. The molecule has 1 aromatic rings. The lowest BCUT2D eigenvalue weighted by Crippen LogP contribution is -3.15. The quantitative estimate of drug-likeness (QED) is 0.864. The lowest BCUT2D eigenvalue weighted by molar-refractivity contribution is -0.915. The Hall–Kier alpha value is -1.35. The van der Waals surface area contributed by atoms with Gasteiger partial charge in [-0.3, -0.25) is 4.79 Å². The summed E-state index contributed by atoms with van der Waals surface area (Å²) in [7, 11) is 2.23. The molecule has 1 N–H and O–H groups in total. The topological polar surface area (TPSA) is 30.7 Å². The molecule has 22 heavy (non-hydrogen) atoms. The van der Waals surface area contributed by atoms with E-state index >= 15 is 0 Å². The minimum Gasteiger partial charge on any atom is -0.458 e. The molecule has 1 fully saturated rings. The average molecular weight is 304 g/mol. The van der Waals surface area contributed by atoms with Gasteiger partial charge in [0.2, 0.25) is 0 Å². The number of benzene rings is 1. The first kappa shape index (κ1) is 17.0. The summed E-state index contributed by atoms with van der Waals surface area (Å²) in [5, 5.41) is 0. The highest BCUT2D eigenvalue weighted by atomic mass is 16.6. The van der Waals surface area contributed by atoms with Crippen LogP contribution in [0.4, 0.5) is 0 Å². The van der Waals surface area contributed by atoms with Gasteiger partial charge < -0.3 is 9.64 Å². The zero-order chi connectivity index (χ0) is 16.3. The molecule has 3 heteroatoms. The second-order valence-corrected chi connectivity index (χ2v) is 7.11. The van der Waals surface area contributed by atoms with Crippen LogP contribution in [0.1, 0.15) is 44.7 Å². The molecule has 1 unspecified atom stereocenters. The summed E-state index contributed by atoms with van der Waals surface area (Å²) in [6.07, 6.45) is 2.19. The average Bonchev–Trinajstić information content (AvgIpc) is 2.47. The van der Waals surface area contributed by atoms with Crippen LogP contribution in [0.5, 0.6) is 0 Å². The number of piperidine rings is 1. The molecule has 3 nitrogen and oxygen atoms in total. The molecule has 0 aromatic heterocycles. The van der Waals surface area contributed by atoms with Crippen molar-refractivity contribution in [2.24, 2.45) is 5.92 Å². The molecule has 0 aliphatic carbocycles. The van der Waals surface area contributed by atoms with Crippen LogP contribution < -0.4 is 4.90 Å². The first-order valence-corrected chi connectivity index (χ1v) is 8.46. The van der Waals surface area contributed by atoms with E-state index in [1.54, 1.807) is 0 Å². The van der Waals surface area contributed by atoms with E-state index in [2.05, 4.69) is 52.1 Å². The van der Waals surface area contributed by atoms with Crippen molar-refractivity contribution in [2.75, 3.05) is 13.6 Å². The number of ether oxygens (including phenoxy) is 1. The van der Waals surface area contributed by atoms with Gasteiger partial charge in [0.25, 0.3) is 0 Å². The van der Waals surface area contributed by atoms with Crippen molar-refractivity contribution >= 4 is 5.97 Å². The highest BCUT2D eigenvalue weighted by molar-refractivity contribution is 5.69. The zero-order valence-corrected chi connectivity index (χ0v) is 14.6. The molecule has 122 valence electrons. The molecule has 0 radical (unpaired) electrons. The van der Waals surface area contributed by atoms with Crippen molar-refractivity contribution in [3.63, 3.8) is 0 Å². The normalized spacial score (nSPS) is 31.8. The van der Waals surface area contributed by atoms with E-state index in [-0.39, 0.29) is 11.6 Å². The van der Waals surface area contributed by atoms with Crippen molar-refractivity contribution in [1.82, 2.24) is 0 Å². The number of aryl methyl sites for hydroxylation is 1. The van der Waals surface area contributed by atoms with Crippen LogP contribution in [0.3, 0.4) is 0 Å². The van der Waals surface area contributed by atoms with Crippen LogP contribution in [0.25, 0.3) is 0 Å². The molecular weight excluding hydrogens is 274 g/mol. The van der Waals surface area contributed by atoms with E-state index in [4.69, 9.17) is 4.74 Å². The largest absolute Gasteiger partial charge is 0.458 e. The third kappa shape index (κ3) is 3.70. The summed E-state index contributed by atoms with van der Waals surface area (Å²) in [6, 6.07) is 9.11. The van der Waals surface area contributed by atoms with Gasteiger partial charge in [-0.05, 0) is 19.4 Å². The number of rotatable bonds is 4. The van der Waals surface area contributed by atoms with Crippen molar-refractivity contribution < 1.29 is 14.4 Å². The Kier molecular flexibility index (Phi) is 5.28. The van der Waals surface area contributed by atoms with Gasteiger partial charge >= 0.3 is 5.97 Å². The minimum atomic E-state index is -0.360. The first-order chi connectivity index (χ1) is 10.4. The predicted octanol–water partition coefficient (Wildman–Crippen LogP) is 2.17. The predicted molar refractivity (Wildman–Crippen MR) is 89.0 cm³/mol. The minimum absolute atomic E-state index is 0.0780. The van der Waals surface area contributed by atoms with Gasteiger partial charge in [0, 0.05) is 25.2 Å². The number of esters is 1. The summed E-state index contributed by atoms with van der Waals surface area (Å²) in [5.74, 6) is 0.284. The van der Waals surface area contributed by atoms with Crippen LogP contribution in [0, 0.1) is 12.8 Å². The second kappa shape index (κ2) is 6.82. The third-order valence-electron chi connectivity index (χ3n) is 5.25. The fourth-order valence-corrected chi connectivity index (χ4v) is 3.54. The number of hydrogen-bond donors (Lipinski definition) is 1. The molecule has 0 amide bonds. The van der Waals surface area contributed by atoms with Gasteiger partial charge in [0.1, 0.15) is 5.60 Å². The Bertz CT molecular complexity index is 511. The molecule has 0 saturated carbocycles. The maximum Gasteiger partial charge on any atom is 0.306 e. The summed E-state index contributed by atoms with van der Waals surface area (Å²) >= 11 is 0. The first-order valence-electron chi connectivity index (χ1n) is 8.46. The fourth-order valence-electron chi connectivity index (χ4n) is 3.54. The number of carbonyl (C=O) groups excluding carboxylic acids is 1. The zero-order valence-electron chi connectivity index (χ0n) is 14.6. The maximum absolute atomic E-state index is 12.0. The Morgan fingerprint density at radius 2 is 1.95 bits per heavy atom. The van der Waals surface area contributed by atoms with Crippen LogP contribution in [-0.2, 0) is 16.0 Å². The third-order valence-corrected chi connectivity index (χ3v) is 5.25. The number of quaternary nitrogens is 1. The summed E-state index contributed by atoms with van der Waals surface area (Å²) in [4.78, 5) is 13.6. The van der Waals surface area contributed by atoms with Crippen molar-refractivity contribution in [3.05, 3.63) is 35.4 Å². The molecule has 1 aromatic carbocycles. The van der Waals surface area contributed by atoms with E-state index < -0.39 is 0 Å². The Labute approximate surface area is 134 Å². The summed E-state index contributed by atoms with van der Waals surface area (Å²) in [5.41, 5.74) is 2.16. The van der Waals surface area contributed by atoms with Crippen molar-refractivity contribution in [3.8, 4) is 0 Å². The van der Waals surface area contributed by atoms with Gasteiger partial charge in [0.05, 0.1) is 19.6 Å². The number of carbonyl (C=O) groups is 1. The van der Waals surface area contributed by atoms with E-state index in [1.165, 1.54) is 16.0 Å². The SMILES string of the molecule is CCC(=O)O[C@@]1(Cc2ccc(C)cc2)C[C@H](C)[NH+](C)C[C@@H]1C. The van der Waals surface area contributed by atoms with E-state index in [0.29, 0.717) is 18.4 Å². The molecule has 1 aliphatic rings. The Morgan fingerprint density at radius 3 is 2.55 bits per heavy atom. The van der Waals surface area contributed by atoms with Gasteiger partial charge in [-0.15, -0.1) is 0 Å². The van der Waals surface area contributed by atoms with E-state index in [1.807, 2.05) is 6.92 Å². The Balaban J connectivity index is 2.28.